The van der Waals surface area contributed by atoms with Gasteiger partial charge in [0.15, 0.2) is 10.8 Å². The fraction of sp³-hybridized carbons (Fsp3) is 0.174. The lowest BCUT2D eigenvalue weighted by Crippen LogP contribution is -2.71. The number of hydrogen-bond donors (Lipinski definition) is 3. The van der Waals surface area contributed by atoms with Crippen LogP contribution in [0.4, 0.5) is 5.13 Å². The summed E-state index contributed by atoms with van der Waals surface area (Å²) in [5.74, 6) is -2.46. The molecule has 2 amide bonds. The van der Waals surface area contributed by atoms with Gasteiger partial charge in [-0.15, -0.1) is 23.1 Å². The van der Waals surface area contributed by atoms with E-state index in [0.29, 0.717) is 11.1 Å². The number of amides is 2. The third-order valence-corrected chi connectivity index (χ3v) is 7.42. The number of carboxylic acid groups (broad SMARTS) is 1. The fourth-order valence-corrected chi connectivity index (χ4v) is 5.66. The molecule has 4 rings (SSSR count). The second kappa shape index (κ2) is 10.5. The molecule has 2 aromatic rings. The van der Waals surface area contributed by atoms with Crippen LogP contribution in [0.2, 0.25) is 0 Å². The number of nitrogens with one attached hydrogen (secondary N) is 1. The van der Waals surface area contributed by atoms with Crippen molar-refractivity contribution in [2.45, 2.75) is 11.4 Å². The van der Waals surface area contributed by atoms with E-state index < -0.39 is 29.2 Å². The lowest BCUT2D eigenvalue weighted by molar-refractivity contribution is -0.150. The molecular formula is C23H17N7O5S2. The maximum Gasteiger partial charge on any atom is 0.352 e. The van der Waals surface area contributed by atoms with Crippen molar-refractivity contribution < 1.29 is 24.3 Å². The number of aromatic nitrogens is 1. The van der Waals surface area contributed by atoms with Crippen molar-refractivity contribution in [1.29, 1.82) is 10.5 Å². The van der Waals surface area contributed by atoms with Crippen LogP contribution in [0.1, 0.15) is 22.4 Å². The summed E-state index contributed by atoms with van der Waals surface area (Å²) in [7, 11) is 1.25. The monoisotopic (exact) mass is 535 g/mol. The number of hydrogen-bond acceptors (Lipinski definition) is 11. The van der Waals surface area contributed by atoms with Crippen LogP contribution in [0.15, 0.2) is 46.1 Å². The van der Waals surface area contributed by atoms with Gasteiger partial charge in [-0.2, -0.15) is 10.5 Å². The highest BCUT2D eigenvalue weighted by atomic mass is 32.2. The van der Waals surface area contributed by atoms with E-state index in [9.17, 15) is 30.0 Å². The minimum absolute atomic E-state index is 0.176. The number of allylic oxidation sites excluding steroid dienone is 1. The summed E-state index contributed by atoms with van der Waals surface area (Å²) in [6, 6.07) is 7.69. The fourth-order valence-electron chi connectivity index (χ4n) is 3.80. The van der Waals surface area contributed by atoms with Crippen molar-refractivity contribution in [1.82, 2.24) is 15.2 Å². The van der Waals surface area contributed by atoms with Crippen molar-refractivity contribution in [2.75, 3.05) is 18.6 Å². The lowest BCUT2D eigenvalue weighted by atomic mass is 9.99. The van der Waals surface area contributed by atoms with E-state index >= 15 is 0 Å². The molecule has 2 aliphatic rings. The summed E-state index contributed by atoms with van der Waals surface area (Å²) in [6.07, 6.45) is 2.98. The molecule has 37 heavy (non-hydrogen) atoms. The number of aliphatic carboxylic acids is 1. The molecule has 4 N–H and O–H groups in total. The zero-order chi connectivity index (χ0) is 26.7. The molecule has 1 saturated heterocycles. The maximum atomic E-state index is 13.0. The number of oxime groups is 1. The standard InChI is InChI=1S/C23H17N7O5S2/c1-35-29-16(15-10-37-23(26)27-15)19(31)28-17-20(32)30-18(22(33)34)13(9-36-21(17)30)5-6-14-11(7-24)3-2-4-12(14)8-25/h2-6,10,17,21H,9H2,1H3,(H2,26,27)(H,28,31)(H,33,34)/t17?,21-/m1/s1. The molecule has 1 aromatic carbocycles. The molecule has 2 aliphatic heterocycles. The average molecular weight is 536 g/mol. The van der Waals surface area contributed by atoms with Gasteiger partial charge in [0.1, 0.15) is 29.9 Å². The van der Waals surface area contributed by atoms with Crippen molar-refractivity contribution in [3.8, 4) is 12.1 Å². The predicted octanol–water partition coefficient (Wildman–Crippen LogP) is 1.27. The van der Waals surface area contributed by atoms with Crippen molar-refractivity contribution in [2.24, 2.45) is 5.16 Å². The van der Waals surface area contributed by atoms with Crippen LogP contribution in [0.25, 0.3) is 6.08 Å². The third kappa shape index (κ3) is 4.75. The number of fused-ring (bicyclic) bond motifs is 1. The predicted molar refractivity (Wildman–Crippen MR) is 135 cm³/mol. The highest BCUT2D eigenvalue weighted by Crippen LogP contribution is 2.41. The Morgan fingerprint density at radius 1 is 1.32 bits per heavy atom. The number of nitrogens with two attached hydrogens (primary N) is 1. The Morgan fingerprint density at radius 3 is 2.59 bits per heavy atom. The van der Waals surface area contributed by atoms with Crippen LogP contribution < -0.4 is 11.1 Å². The number of carbonyl (C=O) groups excluding carboxylic acids is 2. The van der Waals surface area contributed by atoms with Crippen LogP contribution in [-0.4, -0.2) is 62.8 Å². The van der Waals surface area contributed by atoms with Gasteiger partial charge in [0.2, 0.25) is 0 Å². The first-order valence-corrected chi connectivity index (χ1v) is 12.4. The number of β-lactam (4-membered cyclic amide) rings is 1. The molecule has 3 heterocycles. The molecule has 14 heteroatoms. The molecule has 1 aromatic heterocycles. The number of thioether (sulfide) groups is 1. The minimum atomic E-state index is -1.32. The zero-order valence-electron chi connectivity index (χ0n) is 19.0. The largest absolute Gasteiger partial charge is 0.477 e. The highest BCUT2D eigenvalue weighted by Gasteiger charge is 2.54. The molecule has 0 saturated carbocycles. The van der Waals surface area contributed by atoms with Gasteiger partial charge >= 0.3 is 5.97 Å². The van der Waals surface area contributed by atoms with Gasteiger partial charge in [0.25, 0.3) is 11.8 Å². The summed E-state index contributed by atoms with van der Waals surface area (Å²) in [5.41, 5.74) is 6.58. The Morgan fingerprint density at radius 2 is 2.03 bits per heavy atom. The molecule has 0 radical (unpaired) electrons. The van der Waals surface area contributed by atoms with Crippen LogP contribution in [0, 0.1) is 22.7 Å². The van der Waals surface area contributed by atoms with Crippen LogP contribution in [0.3, 0.4) is 0 Å². The second-order valence-electron chi connectivity index (χ2n) is 7.56. The van der Waals surface area contributed by atoms with Gasteiger partial charge in [-0.05, 0) is 17.7 Å². The summed E-state index contributed by atoms with van der Waals surface area (Å²) in [5, 5.41) is 36.0. The molecule has 1 fully saturated rings. The number of rotatable bonds is 7. The number of anilines is 1. The Labute approximate surface area is 218 Å². The van der Waals surface area contributed by atoms with Crippen LogP contribution in [0.5, 0.6) is 0 Å². The van der Waals surface area contributed by atoms with E-state index in [1.54, 1.807) is 18.2 Å². The van der Waals surface area contributed by atoms with Gasteiger partial charge in [-0.1, -0.05) is 23.4 Å². The molecule has 0 spiro atoms. The first-order valence-electron chi connectivity index (χ1n) is 10.5. The van der Waals surface area contributed by atoms with E-state index in [4.69, 9.17) is 10.6 Å². The van der Waals surface area contributed by atoms with E-state index in [-0.39, 0.29) is 39.1 Å². The number of nitriles is 2. The van der Waals surface area contributed by atoms with Gasteiger partial charge in [-0.25, -0.2) is 9.78 Å². The van der Waals surface area contributed by atoms with Gasteiger partial charge in [0, 0.05) is 16.7 Å². The SMILES string of the molecule is CON=C(C(=O)NC1C(=O)N2C(C(=O)O)=C(C=Cc3c(C#N)cccc3C#N)CS[C@H]12)c1csc(N)n1. The first kappa shape index (κ1) is 25.4. The highest BCUT2D eigenvalue weighted by molar-refractivity contribution is 8.00. The van der Waals surface area contributed by atoms with E-state index in [0.717, 1.165) is 16.2 Å². The molecule has 0 bridgehead atoms. The number of thiazole rings is 1. The molecule has 186 valence electrons. The number of benzene rings is 1. The van der Waals surface area contributed by atoms with E-state index in [1.165, 1.54) is 36.4 Å². The zero-order valence-corrected chi connectivity index (χ0v) is 20.7. The van der Waals surface area contributed by atoms with E-state index in [2.05, 4.69) is 15.5 Å². The van der Waals surface area contributed by atoms with Crippen LogP contribution in [-0.2, 0) is 19.2 Å². The molecule has 2 atom stereocenters. The first-order chi connectivity index (χ1) is 17.8. The Hall–Kier alpha value is -4.66. The average Bonchev–Trinajstić information content (AvgIpc) is 3.33. The van der Waals surface area contributed by atoms with Gasteiger partial charge in [0.05, 0.1) is 23.3 Å². The van der Waals surface area contributed by atoms with Crippen molar-refractivity contribution >= 4 is 57.8 Å². The van der Waals surface area contributed by atoms with Gasteiger partial charge in [-0.3, -0.25) is 14.5 Å². The molecular weight excluding hydrogens is 518 g/mol. The summed E-state index contributed by atoms with van der Waals surface area (Å²) in [6.45, 7) is 0. The topological polar surface area (TPSA) is 195 Å². The molecule has 1 unspecified atom stereocenters. The molecule has 0 aliphatic carbocycles. The Balaban J connectivity index is 1.59. The number of nitrogen functional groups attached to an aromatic ring is 1. The molecule has 12 nitrogen and oxygen atoms in total. The summed E-state index contributed by atoms with van der Waals surface area (Å²) < 4.78 is 0. The number of nitrogens with zero attached hydrogens (tertiary/aromatic N) is 5. The van der Waals surface area contributed by atoms with Crippen LogP contribution >= 0.6 is 23.1 Å². The maximum absolute atomic E-state index is 13.0. The Bertz CT molecular complexity index is 1450. The smallest absolute Gasteiger partial charge is 0.352 e. The third-order valence-electron chi connectivity index (χ3n) is 5.45. The minimum Gasteiger partial charge on any atom is -0.477 e. The Kier molecular flexibility index (Phi) is 7.24. The lowest BCUT2D eigenvalue weighted by Gasteiger charge is -2.49. The van der Waals surface area contributed by atoms with Crippen molar-refractivity contribution in [3.63, 3.8) is 0 Å². The number of carbonyl (C=O) groups is 3. The summed E-state index contributed by atoms with van der Waals surface area (Å²) in [4.78, 5) is 47.8. The second-order valence-corrected chi connectivity index (χ2v) is 9.55. The summed E-state index contributed by atoms with van der Waals surface area (Å²) >= 11 is 2.36. The van der Waals surface area contributed by atoms with Gasteiger partial charge < -0.3 is 21.0 Å². The van der Waals surface area contributed by atoms with Crippen molar-refractivity contribution in [3.05, 3.63) is 63.3 Å². The number of carboxylic acids is 1. The van der Waals surface area contributed by atoms with E-state index in [1.807, 2.05) is 12.1 Å². The normalized spacial score (nSPS) is 19.1. The quantitative estimate of drug-likeness (QED) is 0.264.